The summed E-state index contributed by atoms with van der Waals surface area (Å²) >= 11 is 3.50. The first kappa shape index (κ1) is 15.8. The Morgan fingerprint density at radius 3 is 2.40 bits per heavy atom. The van der Waals surface area contributed by atoms with Gasteiger partial charge in [0.2, 0.25) is 0 Å². The van der Waals surface area contributed by atoms with E-state index in [0.717, 1.165) is 36.3 Å². The van der Waals surface area contributed by atoms with Gasteiger partial charge in [0, 0.05) is 56.0 Å². The van der Waals surface area contributed by atoms with E-state index in [1.807, 2.05) is 6.07 Å². The first-order chi connectivity index (χ1) is 9.54. The van der Waals surface area contributed by atoms with Gasteiger partial charge < -0.3 is 10.6 Å². The van der Waals surface area contributed by atoms with Crippen LogP contribution in [0.4, 0.5) is 5.69 Å². The number of hydrogen-bond donors (Lipinski definition) is 1. The summed E-state index contributed by atoms with van der Waals surface area (Å²) in [6.07, 6.45) is 0. The second-order valence-corrected chi connectivity index (χ2v) is 6.63. The van der Waals surface area contributed by atoms with Crippen LogP contribution in [0.2, 0.25) is 0 Å². The van der Waals surface area contributed by atoms with Crippen LogP contribution >= 0.6 is 15.9 Å². The zero-order chi connectivity index (χ0) is 14.5. The minimum Gasteiger partial charge on any atom is -0.398 e. The quantitative estimate of drug-likeness (QED) is 0.828. The molecule has 2 N–H and O–H groups in total. The normalized spacial score (nSPS) is 17.8. The summed E-state index contributed by atoms with van der Waals surface area (Å²) in [4.78, 5) is 7.32. The number of nitrogens with two attached hydrogens (primary N) is 1. The summed E-state index contributed by atoms with van der Waals surface area (Å²) in [5, 5.41) is 0. The summed E-state index contributed by atoms with van der Waals surface area (Å²) in [5.74, 6) is 0. The van der Waals surface area contributed by atoms with Crippen molar-refractivity contribution in [2.24, 2.45) is 0 Å². The van der Waals surface area contributed by atoms with Gasteiger partial charge >= 0.3 is 0 Å². The lowest BCUT2D eigenvalue weighted by atomic mass is 10.2. The number of likely N-dealkylation sites (N-methyl/N-ethyl adjacent to an activating group) is 1. The van der Waals surface area contributed by atoms with Gasteiger partial charge in [0.05, 0.1) is 0 Å². The number of piperazine rings is 1. The zero-order valence-electron chi connectivity index (χ0n) is 12.5. The van der Waals surface area contributed by atoms with Gasteiger partial charge in [0.1, 0.15) is 0 Å². The minimum atomic E-state index is 0.808. The Kier molecular flexibility index (Phi) is 5.84. The SMILES string of the molecule is CN(C)CCN1CCN(Cc2ccc(N)c(Br)c2)CC1. The van der Waals surface area contributed by atoms with Crippen molar-refractivity contribution < 1.29 is 0 Å². The first-order valence-electron chi connectivity index (χ1n) is 7.18. The van der Waals surface area contributed by atoms with E-state index in [1.54, 1.807) is 0 Å². The van der Waals surface area contributed by atoms with Crippen LogP contribution in [-0.2, 0) is 6.54 Å². The van der Waals surface area contributed by atoms with Gasteiger partial charge in [0.25, 0.3) is 0 Å². The Morgan fingerprint density at radius 2 is 1.80 bits per heavy atom. The van der Waals surface area contributed by atoms with Crippen molar-refractivity contribution >= 4 is 21.6 Å². The Hall–Kier alpha value is -0.620. The van der Waals surface area contributed by atoms with Crippen LogP contribution in [0.15, 0.2) is 22.7 Å². The van der Waals surface area contributed by atoms with E-state index in [0.29, 0.717) is 0 Å². The zero-order valence-corrected chi connectivity index (χ0v) is 14.1. The molecule has 0 atom stereocenters. The fourth-order valence-electron chi connectivity index (χ4n) is 2.44. The molecule has 0 radical (unpaired) electrons. The van der Waals surface area contributed by atoms with Crippen LogP contribution in [0.1, 0.15) is 5.56 Å². The number of nitrogens with zero attached hydrogens (tertiary/aromatic N) is 3. The Morgan fingerprint density at radius 1 is 1.15 bits per heavy atom. The number of anilines is 1. The van der Waals surface area contributed by atoms with E-state index in [-0.39, 0.29) is 0 Å². The van der Waals surface area contributed by atoms with Crippen molar-refractivity contribution in [3.8, 4) is 0 Å². The maximum atomic E-state index is 5.83. The second kappa shape index (κ2) is 7.41. The Bertz CT molecular complexity index is 428. The van der Waals surface area contributed by atoms with E-state index >= 15 is 0 Å². The van der Waals surface area contributed by atoms with Gasteiger partial charge in [-0.25, -0.2) is 0 Å². The van der Waals surface area contributed by atoms with Gasteiger partial charge in [-0.1, -0.05) is 6.07 Å². The predicted molar refractivity (Wildman–Crippen MR) is 88.8 cm³/mol. The molecule has 0 spiro atoms. The largest absolute Gasteiger partial charge is 0.398 e. The van der Waals surface area contributed by atoms with Crippen molar-refractivity contribution in [2.75, 3.05) is 59.1 Å². The van der Waals surface area contributed by atoms with E-state index < -0.39 is 0 Å². The van der Waals surface area contributed by atoms with Gasteiger partial charge in [-0.3, -0.25) is 9.80 Å². The van der Waals surface area contributed by atoms with Gasteiger partial charge in [-0.2, -0.15) is 0 Å². The van der Waals surface area contributed by atoms with Gasteiger partial charge in [-0.05, 0) is 47.7 Å². The molecule has 4 nitrogen and oxygen atoms in total. The summed E-state index contributed by atoms with van der Waals surface area (Å²) < 4.78 is 1.000. The van der Waals surface area contributed by atoms with Crippen LogP contribution < -0.4 is 5.73 Å². The van der Waals surface area contributed by atoms with Crippen molar-refractivity contribution in [1.82, 2.24) is 14.7 Å². The maximum absolute atomic E-state index is 5.83. The third-order valence-corrected chi connectivity index (χ3v) is 4.49. The highest BCUT2D eigenvalue weighted by atomic mass is 79.9. The van der Waals surface area contributed by atoms with Crippen LogP contribution in [-0.4, -0.2) is 68.1 Å². The van der Waals surface area contributed by atoms with Crippen LogP contribution in [0, 0.1) is 0 Å². The molecule has 0 unspecified atom stereocenters. The number of hydrogen-bond acceptors (Lipinski definition) is 4. The molecule has 0 aromatic heterocycles. The molecule has 0 saturated carbocycles. The molecule has 2 rings (SSSR count). The van der Waals surface area contributed by atoms with Crippen LogP contribution in [0.25, 0.3) is 0 Å². The molecule has 20 heavy (non-hydrogen) atoms. The average molecular weight is 341 g/mol. The van der Waals surface area contributed by atoms with Crippen LogP contribution in [0.3, 0.4) is 0 Å². The molecule has 0 amide bonds. The minimum absolute atomic E-state index is 0.808. The topological polar surface area (TPSA) is 35.7 Å². The standard InChI is InChI=1S/C15H25BrN4/c1-18(2)5-6-19-7-9-20(10-8-19)12-13-3-4-15(17)14(16)11-13/h3-4,11H,5-10,12,17H2,1-2H3. The maximum Gasteiger partial charge on any atom is 0.0458 e. The third kappa shape index (κ3) is 4.74. The number of halogens is 1. The van der Waals surface area contributed by atoms with Crippen LogP contribution in [0.5, 0.6) is 0 Å². The summed E-state index contributed by atoms with van der Waals surface area (Å²) in [5.41, 5.74) is 7.96. The van der Waals surface area contributed by atoms with E-state index in [2.05, 4.69) is 56.9 Å². The molecule has 1 aromatic rings. The monoisotopic (exact) mass is 340 g/mol. The highest BCUT2D eigenvalue weighted by Crippen LogP contribution is 2.21. The van der Waals surface area contributed by atoms with Crippen molar-refractivity contribution in [2.45, 2.75) is 6.54 Å². The molecule has 1 heterocycles. The van der Waals surface area contributed by atoms with Crippen molar-refractivity contribution in [1.29, 1.82) is 0 Å². The first-order valence-corrected chi connectivity index (χ1v) is 7.97. The lowest BCUT2D eigenvalue weighted by Crippen LogP contribution is -2.47. The lowest BCUT2D eigenvalue weighted by Gasteiger charge is -2.35. The molecular formula is C15H25BrN4. The predicted octanol–water partition coefficient (Wildman–Crippen LogP) is 1.71. The highest BCUT2D eigenvalue weighted by Gasteiger charge is 2.16. The molecule has 0 aliphatic carbocycles. The summed E-state index contributed by atoms with van der Waals surface area (Å²) in [6, 6.07) is 6.24. The number of benzene rings is 1. The van der Waals surface area contributed by atoms with E-state index in [1.165, 1.54) is 25.2 Å². The number of rotatable bonds is 5. The fourth-order valence-corrected chi connectivity index (χ4v) is 2.87. The molecule has 1 fully saturated rings. The molecule has 1 aromatic carbocycles. The smallest absolute Gasteiger partial charge is 0.0458 e. The molecule has 5 heteroatoms. The van der Waals surface area contributed by atoms with Gasteiger partial charge in [0.15, 0.2) is 0 Å². The van der Waals surface area contributed by atoms with Crippen molar-refractivity contribution in [3.05, 3.63) is 28.2 Å². The van der Waals surface area contributed by atoms with Gasteiger partial charge in [-0.15, -0.1) is 0 Å². The van der Waals surface area contributed by atoms with E-state index in [9.17, 15) is 0 Å². The summed E-state index contributed by atoms with van der Waals surface area (Å²) in [7, 11) is 4.27. The van der Waals surface area contributed by atoms with Crippen molar-refractivity contribution in [3.63, 3.8) is 0 Å². The molecule has 0 bridgehead atoms. The average Bonchev–Trinajstić information content (AvgIpc) is 2.42. The second-order valence-electron chi connectivity index (χ2n) is 5.78. The highest BCUT2D eigenvalue weighted by molar-refractivity contribution is 9.10. The third-order valence-electron chi connectivity index (χ3n) is 3.80. The molecule has 1 aliphatic heterocycles. The Labute approximate surface area is 130 Å². The molecule has 1 saturated heterocycles. The van der Waals surface area contributed by atoms with E-state index in [4.69, 9.17) is 5.73 Å². The Balaban J connectivity index is 1.77. The summed E-state index contributed by atoms with van der Waals surface area (Å²) in [6.45, 7) is 7.97. The number of nitrogen functional groups attached to an aromatic ring is 1. The lowest BCUT2D eigenvalue weighted by molar-refractivity contribution is 0.120. The fraction of sp³-hybridized carbons (Fsp3) is 0.600. The molecule has 112 valence electrons. The molecule has 1 aliphatic rings. The molecular weight excluding hydrogens is 316 g/mol.